The third-order valence-electron chi connectivity index (χ3n) is 1.51. The Morgan fingerprint density at radius 1 is 1.36 bits per heavy atom. The summed E-state index contributed by atoms with van der Waals surface area (Å²) in [6.07, 6.45) is 12.7. The molecule has 0 fully saturated rings. The number of rotatable bonds is 5. The van der Waals surface area contributed by atoms with Crippen LogP contribution in [0, 0.1) is 5.92 Å². The van der Waals surface area contributed by atoms with Crippen molar-refractivity contribution < 1.29 is 0 Å². The first-order valence-electron chi connectivity index (χ1n) is 4.20. The van der Waals surface area contributed by atoms with E-state index < -0.39 is 0 Å². The van der Waals surface area contributed by atoms with Crippen molar-refractivity contribution >= 4 is 0 Å². The van der Waals surface area contributed by atoms with Crippen LogP contribution in [0.25, 0.3) is 0 Å². The topological polar surface area (TPSA) is 0 Å². The van der Waals surface area contributed by atoms with Crippen molar-refractivity contribution in [2.45, 2.75) is 26.7 Å². The third-order valence-corrected chi connectivity index (χ3v) is 1.51. The van der Waals surface area contributed by atoms with Crippen LogP contribution in [-0.2, 0) is 0 Å². The highest BCUT2D eigenvalue weighted by molar-refractivity contribution is 4.94. The maximum absolute atomic E-state index is 3.65. The van der Waals surface area contributed by atoms with Crippen LogP contribution >= 0.6 is 0 Å². The zero-order valence-electron chi connectivity index (χ0n) is 7.59. The first-order chi connectivity index (χ1) is 5.31. The zero-order chi connectivity index (χ0) is 8.53. The molecule has 0 heteroatoms. The lowest BCUT2D eigenvalue weighted by molar-refractivity contribution is 0.741. The molecule has 0 rings (SSSR count). The molecule has 0 saturated heterocycles. The smallest absolute Gasteiger partial charge is 0.0172 e. The molecule has 0 N–H and O–H groups in total. The van der Waals surface area contributed by atoms with Gasteiger partial charge in [0.15, 0.2) is 0 Å². The van der Waals surface area contributed by atoms with Crippen LogP contribution in [0.15, 0.2) is 37.0 Å². The molecule has 11 heavy (non-hydrogen) atoms. The summed E-state index contributed by atoms with van der Waals surface area (Å²) in [6, 6.07) is 0. The summed E-state index contributed by atoms with van der Waals surface area (Å²) in [5, 5.41) is 0. The highest BCUT2D eigenvalue weighted by atomic mass is 14.0. The minimum atomic E-state index is 0.658. The second kappa shape index (κ2) is 7.33. The van der Waals surface area contributed by atoms with Gasteiger partial charge >= 0.3 is 0 Å². The minimum Gasteiger partial charge on any atom is -0.103 e. The molecule has 0 aromatic rings. The van der Waals surface area contributed by atoms with Gasteiger partial charge in [0.1, 0.15) is 0 Å². The quantitative estimate of drug-likeness (QED) is 0.524. The Balaban J connectivity index is 3.49. The Labute approximate surface area is 70.3 Å². The van der Waals surface area contributed by atoms with Crippen molar-refractivity contribution in [3.8, 4) is 0 Å². The molecule has 0 bridgehead atoms. The SMILES string of the molecule is C=CC/C=C/C(C)C/C=C/C. The van der Waals surface area contributed by atoms with E-state index in [4.69, 9.17) is 0 Å². The van der Waals surface area contributed by atoms with Gasteiger partial charge in [0.2, 0.25) is 0 Å². The van der Waals surface area contributed by atoms with Crippen LogP contribution in [0.1, 0.15) is 26.7 Å². The van der Waals surface area contributed by atoms with Crippen molar-refractivity contribution in [2.24, 2.45) is 5.92 Å². The second-order valence-electron chi connectivity index (χ2n) is 2.73. The molecule has 1 unspecified atom stereocenters. The van der Waals surface area contributed by atoms with Crippen molar-refractivity contribution in [1.82, 2.24) is 0 Å². The van der Waals surface area contributed by atoms with Crippen molar-refractivity contribution in [1.29, 1.82) is 0 Å². The van der Waals surface area contributed by atoms with Crippen LogP contribution in [0.5, 0.6) is 0 Å². The van der Waals surface area contributed by atoms with Crippen molar-refractivity contribution in [3.05, 3.63) is 37.0 Å². The maximum atomic E-state index is 3.65. The monoisotopic (exact) mass is 150 g/mol. The minimum absolute atomic E-state index is 0.658. The van der Waals surface area contributed by atoms with Crippen molar-refractivity contribution in [3.63, 3.8) is 0 Å². The van der Waals surface area contributed by atoms with Crippen molar-refractivity contribution in [2.75, 3.05) is 0 Å². The van der Waals surface area contributed by atoms with E-state index in [2.05, 4.69) is 44.7 Å². The van der Waals surface area contributed by atoms with Gasteiger partial charge in [-0.2, -0.15) is 0 Å². The Kier molecular flexibility index (Phi) is 6.81. The van der Waals surface area contributed by atoms with Crippen LogP contribution in [0.3, 0.4) is 0 Å². The summed E-state index contributed by atoms with van der Waals surface area (Å²) in [4.78, 5) is 0. The molecular weight excluding hydrogens is 132 g/mol. The molecular formula is C11H18. The molecule has 0 saturated carbocycles. The van der Waals surface area contributed by atoms with Gasteiger partial charge < -0.3 is 0 Å². The van der Waals surface area contributed by atoms with Gasteiger partial charge in [-0.25, -0.2) is 0 Å². The number of hydrogen-bond acceptors (Lipinski definition) is 0. The van der Waals surface area contributed by atoms with Gasteiger partial charge in [0.25, 0.3) is 0 Å². The molecule has 0 spiro atoms. The van der Waals surface area contributed by atoms with E-state index in [1.807, 2.05) is 6.08 Å². The molecule has 0 heterocycles. The summed E-state index contributed by atoms with van der Waals surface area (Å²) in [6.45, 7) is 7.93. The maximum Gasteiger partial charge on any atom is -0.0172 e. The Hall–Kier alpha value is -0.780. The third kappa shape index (κ3) is 7.11. The zero-order valence-corrected chi connectivity index (χ0v) is 7.59. The first kappa shape index (κ1) is 10.2. The van der Waals surface area contributed by atoms with Gasteiger partial charge in [-0.3, -0.25) is 0 Å². The van der Waals surface area contributed by atoms with Crippen LogP contribution < -0.4 is 0 Å². The summed E-state index contributed by atoms with van der Waals surface area (Å²) in [5.74, 6) is 0.658. The largest absolute Gasteiger partial charge is 0.103 e. The number of allylic oxidation sites excluding steroid dienone is 5. The fourth-order valence-corrected chi connectivity index (χ4v) is 0.836. The molecule has 62 valence electrons. The molecule has 0 radical (unpaired) electrons. The van der Waals surface area contributed by atoms with E-state index in [0.717, 1.165) is 12.8 Å². The van der Waals surface area contributed by atoms with Crippen LogP contribution in [0.4, 0.5) is 0 Å². The molecule has 0 aromatic heterocycles. The second-order valence-corrected chi connectivity index (χ2v) is 2.73. The van der Waals surface area contributed by atoms with Gasteiger partial charge in [0, 0.05) is 0 Å². The Morgan fingerprint density at radius 3 is 2.64 bits per heavy atom. The lowest BCUT2D eigenvalue weighted by atomic mass is 10.1. The van der Waals surface area contributed by atoms with E-state index in [1.165, 1.54) is 0 Å². The number of hydrogen-bond donors (Lipinski definition) is 0. The lowest BCUT2D eigenvalue weighted by Crippen LogP contribution is -1.84. The molecule has 0 aromatic carbocycles. The van der Waals surface area contributed by atoms with E-state index in [-0.39, 0.29) is 0 Å². The summed E-state index contributed by atoms with van der Waals surface area (Å²) in [5.41, 5.74) is 0. The summed E-state index contributed by atoms with van der Waals surface area (Å²) in [7, 11) is 0. The predicted molar refractivity (Wildman–Crippen MR) is 52.5 cm³/mol. The molecule has 1 atom stereocenters. The fourth-order valence-electron chi connectivity index (χ4n) is 0.836. The highest BCUT2D eigenvalue weighted by Crippen LogP contribution is 2.04. The lowest BCUT2D eigenvalue weighted by Gasteiger charge is -1.99. The van der Waals surface area contributed by atoms with Gasteiger partial charge in [0.05, 0.1) is 0 Å². The van der Waals surface area contributed by atoms with E-state index in [1.54, 1.807) is 0 Å². The average Bonchev–Trinajstić information content (AvgIpc) is 2.01. The standard InChI is InChI=1S/C11H18/c1-4-6-8-10-11(3)9-7-5-2/h4-5,7-8,10-11H,1,6,9H2,2-3H3/b7-5+,10-8+. The Bertz CT molecular complexity index is 140. The predicted octanol–water partition coefficient (Wildman–Crippen LogP) is 3.72. The van der Waals surface area contributed by atoms with Gasteiger partial charge in [-0.05, 0) is 25.7 Å². The first-order valence-corrected chi connectivity index (χ1v) is 4.20. The highest BCUT2D eigenvalue weighted by Gasteiger charge is 1.90. The van der Waals surface area contributed by atoms with Crippen LogP contribution in [-0.4, -0.2) is 0 Å². The van der Waals surface area contributed by atoms with E-state index in [0.29, 0.717) is 5.92 Å². The molecule has 0 aliphatic rings. The van der Waals surface area contributed by atoms with E-state index >= 15 is 0 Å². The molecule has 0 nitrogen and oxygen atoms in total. The molecule has 0 amide bonds. The Morgan fingerprint density at radius 2 is 2.09 bits per heavy atom. The molecule has 0 aliphatic heterocycles. The van der Waals surface area contributed by atoms with E-state index in [9.17, 15) is 0 Å². The van der Waals surface area contributed by atoms with Crippen LogP contribution in [0.2, 0.25) is 0 Å². The normalized spacial score (nSPS) is 14.4. The van der Waals surface area contributed by atoms with Gasteiger partial charge in [-0.1, -0.05) is 37.3 Å². The molecule has 0 aliphatic carbocycles. The van der Waals surface area contributed by atoms with Gasteiger partial charge in [-0.15, -0.1) is 6.58 Å². The summed E-state index contributed by atoms with van der Waals surface area (Å²) < 4.78 is 0. The fraction of sp³-hybridized carbons (Fsp3) is 0.455. The summed E-state index contributed by atoms with van der Waals surface area (Å²) >= 11 is 0. The average molecular weight is 150 g/mol.